The van der Waals surface area contributed by atoms with Crippen LogP contribution in [-0.4, -0.2) is 16.8 Å². The van der Waals surface area contributed by atoms with Gasteiger partial charge in [-0.15, -0.1) is 0 Å². The molecular weight excluding hydrogens is 298 g/mol. The highest BCUT2D eigenvalue weighted by atomic mass is 19.3. The second-order valence-electron chi connectivity index (χ2n) is 5.33. The van der Waals surface area contributed by atoms with Crippen LogP contribution in [0.15, 0.2) is 72.8 Å². The number of rotatable bonds is 4. The highest BCUT2D eigenvalue weighted by Gasteiger charge is 2.47. The van der Waals surface area contributed by atoms with Gasteiger partial charge in [0.25, 0.3) is 0 Å². The van der Waals surface area contributed by atoms with Crippen molar-refractivity contribution in [3.05, 3.63) is 83.9 Å². The minimum atomic E-state index is -3.90. The summed E-state index contributed by atoms with van der Waals surface area (Å²) in [4.78, 5) is 12.0. The van der Waals surface area contributed by atoms with Gasteiger partial charge in [0.2, 0.25) is 5.78 Å². The molecule has 0 heterocycles. The third kappa shape index (κ3) is 2.85. The van der Waals surface area contributed by atoms with Crippen LogP contribution in [0.3, 0.4) is 0 Å². The summed E-state index contributed by atoms with van der Waals surface area (Å²) in [5.41, 5.74) is -0.115. The van der Waals surface area contributed by atoms with E-state index >= 15 is 0 Å². The number of hydrogen-bond donors (Lipinski definition) is 1. The van der Waals surface area contributed by atoms with E-state index in [2.05, 4.69) is 0 Å². The summed E-state index contributed by atoms with van der Waals surface area (Å²) in [6.45, 7) is 0. The van der Waals surface area contributed by atoms with Crippen LogP contribution < -0.4 is 0 Å². The van der Waals surface area contributed by atoms with Crippen molar-refractivity contribution >= 4 is 16.6 Å². The Morgan fingerprint density at radius 1 is 0.870 bits per heavy atom. The molecule has 0 saturated carbocycles. The second kappa shape index (κ2) is 5.89. The normalized spacial score (nSPS) is 13.0. The first-order chi connectivity index (χ1) is 11.0. The Morgan fingerprint density at radius 3 is 2.17 bits per heavy atom. The fourth-order valence-electron chi connectivity index (χ4n) is 2.49. The molecule has 0 saturated heterocycles. The van der Waals surface area contributed by atoms with Crippen molar-refractivity contribution in [2.45, 2.75) is 12.0 Å². The Bertz CT molecular complexity index is 844. The van der Waals surface area contributed by atoms with Crippen molar-refractivity contribution in [3.63, 3.8) is 0 Å². The number of benzene rings is 3. The summed E-state index contributed by atoms with van der Waals surface area (Å²) in [6.07, 6.45) is -2.19. The average molecular weight is 312 g/mol. The molecule has 2 nitrogen and oxygen atoms in total. The van der Waals surface area contributed by atoms with Crippen molar-refractivity contribution in [2.24, 2.45) is 0 Å². The molecule has 0 amide bonds. The van der Waals surface area contributed by atoms with Gasteiger partial charge in [-0.3, -0.25) is 4.79 Å². The van der Waals surface area contributed by atoms with Crippen LogP contribution in [0.4, 0.5) is 8.78 Å². The molecular formula is C19H14F2O2. The number of aliphatic hydroxyl groups is 1. The molecule has 0 aliphatic heterocycles. The highest BCUT2D eigenvalue weighted by Crippen LogP contribution is 2.35. The minimum absolute atomic E-state index is 0.0120. The number of fused-ring (bicyclic) bond motifs is 1. The zero-order valence-corrected chi connectivity index (χ0v) is 12.1. The van der Waals surface area contributed by atoms with Crippen LogP contribution in [0.2, 0.25) is 0 Å². The molecule has 3 aromatic rings. The van der Waals surface area contributed by atoms with Gasteiger partial charge >= 0.3 is 5.92 Å². The molecule has 3 aromatic carbocycles. The zero-order valence-electron chi connectivity index (χ0n) is 12.1. The van der Waals surface area contributed by atoms with Gasteiger partial charge in [-0.1, -0.05) is 66.7 Å². The van der Waals surface area contributed by atoms with E-state index < -0.39 is 17.8 Å². The molecule has 3 rings (SSSR count). The van der Waals surface area contributed by atoms with Crippen LogP contribution >= 0.6 is 0 Å². The van der Waals surface area contributed by atoms with Crippen molar-refractivity contribution < 1.29 is 18.7 Å². The maximum atomic E-state index is 14.4. The van der Waals surface area contributed by atoms with Gasteiger partial charge in [-0.05, 0) is 22.4 Å². The third-order valence-corrected chi connectivity index (χ3v) is 3.77. The maximum Gasteiger partial charge on any atom is 0.339 e. The molecule has 0 fully saturated rings. The number of halogens is 2. The van der Waals surface area contributed by atoms with Gasteiger partial charge in [-0.25, -0.2) is 0 Å². The van der Waals surface area contributed by atoms with Gasteiger partial charge in [-0.2, -0.15) is 8.78 Å². The Balaban J connectivity index is 1.96. The van der Waals surface area contributed by atoms with E-state index in [4.69, 9.17) is 0 Å². The summed E-state index contributed by atoms with van der Waals surface area (Å²) < 4.78 is 28.8. The monoisotopic (exact) mass is 312 g/mol. The lowest BCUT2D eigenvalue weighted by atomic mass is 9.95. The van der Waals surface area contributed by atoms with E-state index in [0.717, 1.165) is 10.8 Å². The molecule has 0 aromatic heterocycles. The molecule has 0 radical (unpaired) electrons. The summed E-state index contributed by atoms with van der Waals surface area (Å²) >= 11 is 0. The topological polar surface area (TPSA) is 37.3 Å². The molecule has 0 bridgehead atoms. The van der Waals surface area contributed by atoms with Crippen LogP contribution in [0.5, 0.6) is 0 Å². The van der Waals surface area contributed by atoms with E-state index in [1.807, 2.05) is 12.1 Å². The summed E-state index contributed by atoms with van der Waals surface area (Å²) in [6, 6.07) is 19.0. The predicted molar refractivity (Wildman–Crippen MR) is 84.6 cm³/mol. The number of aliphatic hydroxyl groups excluding tert-OH is 1. The predicted octanol–water partition coefficient (Wildman–Crippen LogP) is 4.39. The first kappa shape index (κ1) is 15.3. The molecule has 0 aliphatic rings. The first-order valence-electron chi connectivity index (χ1n) is 7.14. The molecule has 0 spiro atoms. The number of carbonyl (C=O) groups is 1. The Labute approximate surface area is 132 Å². The van der Waals surface area contributed by atoms with Crippen molar-refractivity contribution in [1.82, 2.24) is 0 Å². The van der Waals surface area contributed by atoms with Gasteiger partial charge in [0.15, 0.2) is 6.10 Å². The fourth-order valence-corrected chi connectivity index (χ4v) is 2.49. The number of ketones is 1. The van der Waals surface area contributed by atoms with E-state index in [-0.39, 0.29) is 11.1 Å². The van der Waals surface area contributed by atoms with E-state index in [1.54, 1.807) is 24.3 Å². The highest BCUT2D eigenvalue weighted by molar-refractivity contribution is 6.01. The van der Waals surface area contributed by atoms with E-state index in [0.29, 0.717) is 0 Å². The average Bonchev–Trinajstić information content (AvgIpc) is 2.60. The smallest absolute Gasteiger partial charge is 0.339 e. The molecule has 1 N–H and O–H groups in total. The maximum absolute atomic E-state index is 14.4. The number of hydrogen-bond acceptors (Lipinski definition) is 2. The van der Waals surface area contributed by atoms with Crippen LogP contribution in [-0.2, 0) is 0 Å². The lowest BCUT2D eigenvalue weighted by Gasteiger charge is -2.22. The van der Waals surface area contributed by atoms with E-state index in [1.165, 1.54) is 36.4 Å². The summed E-state index contributed by atoms with van der Waals surface area (Å²) in [7, 11) is 0. The number of carbonyl (C=O) groups excluding carboxylic acids is 1. The third-order valence-electron chi connectivity index (χ3n) is 3.77. The largest absolute Gasteiger partial charge is 0.382 e. The van der Waals surface area contributed by atoms with Crippen LogP contribution in [0, 0.1) is 0 Å². The molecule has 23 heavy (non-hydrogen) atoms. The van der Waals surface area contributed by atoms with Crippen molar-refractivity contribution in [1.29, 1.82) is 0 Å². The summed E-state index contributed by atoms with van der Waals surface area (Å²) in [5, 5.41) is 11.7. The Morgan fingerprint density at radius 2 is 1.48 bits per heavy atom. The second-order valence-corrected chi connectivity index (χ2v) is 5.33. The molecule has 1 atom stereocenters. The fraction of sp³-hybridized carbons (Fsp3) is 0.105. The zero-order chi connectivity index (χ0) is 16.4. The van der Waals surface area contributed by atoms with Gasteiger partial charge < -0.3 is 5.11 Å². The molecule has 116 valence electrons. The number of alkyl halides is 2. The van der Waals surface area contributed by atoms with E-state index in [9.17, 15) is 18.7 Å². The minimum Gasteiger partial charge on any atom is -0.382 e. The van der Waals surface area contributed by atoms with Crippen LogP contribution in [0.1, 0.15) is 22.0 Å². The molecule has 0 aliphatic carbocycles. The first-order valence-corrected chi connectivity index (χ1v) is 7.14. The lowest BCUT2D eigenvalue weighted by Crippen LogP contribution is -2.35. The molecule has 0 unspecified atom stereocenters. The Kier molecular flexibility index (Phi) is 3.92. The van der Waals surface area contributed by atoms with Gasteiger partial charge in [0.05, 0.1) is 0 Å². The van der Waals surface area contributed by atoms with Gasteiger partial charge in [0.1, 0.15) is 0 Å². The van der Waals surface area contributed by atoms with Crippen LogP contribution in [0.25, 0.3) is 10.8 Å². The van der Waals surface area contributed by atoms with Gasteiger partial charge in [0, 0.05) is 5.56 Å². The SMILES string of the molecule is O=C(c1ccccc1)C(F)(F)[C@H](O)c1ccc2ccccc2c1. The van der Waals surface area contributed by atoms with Crippen molar-refractivity contribution in [3.8, 4) is 0 Å². The van der Waals surface area contributed by atoms with Crippen molar-refractivity contribution in [2.75, 3.05) is 0 Å². The standard InChI is InChI=1S/C19H14F2O2/c20-19(21,17(22)14-7-2-1-3-8-14)18(23)16-11-10-13-6-4-5-9-15(13)12-16/h1-12,18,23H/t18-/m1/s1. The quantitative estimate of drug-likeness (QED) is 0.725. The Hall–Kier alpha value is -2.59. The lowest BCUT2D eigenvalue weighted by molar-refractivity contribution is -0.0792. The molecule has 4 heteroatoms. The summed E-state index contributed by atoms with van der Waals surface area (Å²) in [5.74, 6) is -5.29. The number of Topliss-reactive ketones (excluding diaryl/α,β-unsaturated/α-hetero) is 1.